The number of benzene rings is 1. The molecule has 1 fully saturated rings. The van der Waals surface area contributed by atoms with Gasteiger partial charge in [0.1, 0.15) is 0 Å². The van der Waals surface area contributed by atoms with Gasteiger partial charge in [0, 0.05) is 24.9 Å². The van der Waals surface area contributed by atoms with Gasteiger partial charge in [-0.2, -0.15) is 13.2 Å². The highest BCUT2D eigenvalue weighted by Crippen LogP contribution is 2.34. The van der Waals surface area contributed by atoms with Gasteiger partial charge in [-0.15, -0.1) is 0 Å². The molecular formula is C15H17F3N2O. The summed E-state index contributed by atoms with van der Waals surface area (Å²) in [5, 5.41) is 0. The summed E-state index contributed by atoms with van der Waals surface area (Å²) in [6.45, 7) is 0.296. The molecule has 0 saturated carbocycles. The summed E-state index contributed by atoms with van der Waals surface area (Å²) < 4.78 is 37.6. The molecule has 0 spiro atoms. The molecule has 2 rings (SSSR count). The van der Waals surface area contributed by atoms with Gasteiger partial charge >= 0.3 is 6.18 Å². The van der Waals surface area contributed by atoms with Crippen LogP contribution in [0.25, 0.3) is 6.08 Å². The van der Waals surface area contributed by atoms with Crippen molar-refractivity contribution in [2.24, 2.45) is 5.92 Å². The molecule has 0 aliphatic carbocycles. The van der Waals surface area contributed by atoms with Crippen LogP contribution in [0.5, 0.6) is 0 Å². The number of alkyl halides is 3. The van der Waals surface area contributed by atoms with Crippen LogP contribution in [0.4, 0.5) is 18.9 Å². The van der Waals surface area contributed by atoms with Crippen LogP contribution in [0.2, 0.25) is 0 Å². The van der Waals surface area contributed by atoms with Gasteiger partial charge in [0.25, 0.3) is 0 Å². The average Bonchev–Trinajstić information content (AvgIpc) is 2.45. The van der Waals surface area contributed by atoms with E-state index in [9.17, 15) is 18.0 Å². The smallest absolute Gasteiger partial charge is 0.391 e. The number of amides is 1. The monoisotopic (exact) mass is 298 g/mol. The summed E-state index contributed by atoms with van der Waals surface area (Å²) in [4.78, 5) is 13.4. The minimum Gasteiger partial charge on any atom is -0.399 e. The number of likely N-dealkylation sites (tertiary alicyclic amines) is 1. The highest BCUT2D eigenvalue weighted by atomic mass is 19.4. The highest BCUT2D eigenvalue weighted by Gasteiger charge is 2.41. The first-order valence-corrected chi connectivity index (χ1v) is 6.75. The standard InChI is InChI=1S/C15H17F3N2O/c16-15(17,18)12-7-9-20(10-8-12)14(21)6-3-11-1-4-13(19)5-2-11/h1-6,12H,7-10,19H2/b6-3+. The Morgan fingerprint density at radius 2 is 1.76 bits per heavy atom. The number of anilines is 1. The second-order valence-electron chi connectivity index (χ2n) is 5.14. The van der Waals surface area contributed by atoms with Crippen molar-refractivity contribution >= 4 is 17.7 Å². The van der Waals surface area contributed by atoms with Crippen LogP contribution in [0, 0.1) is 5.92 Å². The SMILES string of the molecule is Nc1ccc(/C=C/C(=O)N2CCC(C(F)(F)F)CC2)cc1. The van der Waals surface area contributed by atoms with Crippen LogP contribution in [0.1, 0.15) is 18.4 Å². The first kappa shape index (κ1) is 15.4. The summed E-state index contributed by atoms with van der Waals surface area (Å²) in [5.74, 6) is -1.55. The number of nitrogens with two attached hydrogens (primary N) is 1. The van der Waals surface area contributed by atoms with Crippen molar-refractivity contribution in [3.63, 3.8) is 0 Å². The lowest BCUT2D eigenvalue weighted by Crippen LogP contribution is -2.41. The van der Waals surface area contributed by atoms with Crippen molar-refractivity contribution in [3.8, 4) is 0 Å². The number of carbonyl (C=O) groups excluding carboxylic acids is 1. The van der Waals surface area contributed by atoms with Crippen molar-refractivity contribution in [2.75, 3.05) is 18.8 Å². The first-order valence-electron chi connectivity index (χ1n) is 6.75. The number of nitrogen functional groups attached to an aromatic ring is 1. The van der Waals surface area contributed by atoms with E-state index in [1.165, 1.54) is 11.0 Å². The van der Waals surface area contributed by atoms with Crippen molar-refractivity contribution in [3.05, 3.63) is 35.9 Å². The van der Waals surface area contributed by atoms with E-state index in [4.69, 9.17) is 5.73 Å². The van der Waals surface area contributed by atoms with Crippen LogP contribution >= 0.6 is 0 Å². The lowest BCUT2D eigenvalue weighted by Gasteiger charge is -2.32. The minimum absolute atomic E-state index is 0.0229. The van der Waals surface area contributed by atoms with Gasteiger partial charge in [0.15, 0.2) is 0 Å². The third-order valence-electron chi connectivity index (χ3n) is 3.62. The Labute approximate surface area is 121 Å². The summed E-state index contributed by atoms with van der Waals surface area (Å²) in [5.41, 5.74) is 7.01. The number of nitrogens with zero attached hydrogens (tertiary/aromatic N) is 1. The number of hydrogen-bond acceptors (Lipinski definition) is 2. The molecule has 114 valence electrons. The Bertz CT molecular complexity index is 515. The Morgan fingerprint density at radius 1 is 1.19 bits per heavy atom. The van der Waals surface area contributed by atoms with Crippen molar-refractivity contribution in [1.82, 2.24) is 4.90 Å². The van der Waals surface area contributed by atoms with Gasteiger partial charge in [-0.3, -0.25) is 4.79 Å². The molecule has 1 amide bonds. The molecular weight excluding hydrogens is 281 g/mol. The molecule has 1 aromatic carbocycles. The van der Waals surface area contributed by atoms with E-state index in [-0.39, 0.29) is 31.8 Å². The number of rotatable bonds is 2. The van der Waals surface area contributed by atoms with Crippen LogP contribution in [0.15, 0.2) is 30.3 Å². The third kappa shape index (κ3) is 4.24. The molecule has 1 aromatic rings. The summed E-state index contributed by atoms with van der Waals surface area (Å²) >= 11 is 0. The molecule has 0 atom stereocenters. The van der Waals surface area contributed by atoms with Crippen molar-refractivity contribution in [2.45, 2.75) is 19.0 Å². The number of halogens is 3. The molecule has 3 nitrogen and oxygen atoms in total. The zero-order valence-electron chi connectivity index (χ0n) is 11.4. The molecule has 21 heavy (non-hydrogen) atoms. The summed E-state index contributed by atoms with van der Waals surface area (Å²) in [7, 11) is 0. The molecule has 1 aliphatic heterocycles. The predicted molar refractivity (Wildman–Crippen MR) is 75.2 cm³/mol. The second kappa shape index (κ2) is 6.20. The lowest BCUT2D eigenvalue weighted by molar-refractivity contribution is -0.186. The minimum atomic E-state index is -4.16. The Kier molecular flexibility index (Phi) is 4.55. The van der Waals surface area contributed by atoms with Gasteiger partial charge in [-0.25, -0.2) is 0 Å². The number of hydrogen-bond donors (Lipinski definition) is 1. The largest absolute Gasteiger partial charge is 0.399 e. The van der Waals surface area contributed by atoms with Crippen LogP contribution in [-0.4, -0.2) is 30.1 Å². The zero-order chi connectivity index (χ0) is 15.5. The maximum atomic E-state index is 12.5. The molecule has 0 unspecified atom stereocenters. The van der Waals surface area contributed by atoms with Gasteiger partial charge in [-0.1, -0.05) is 12.1 Å². The highest BCUT2D eigenvalue weighted by molar-refractivity contribution is 5.91. The first-order chi connectivity index (χ1) is 9.86. The zero-order valence-corrected chi connectivity index (χ0v) is 11.4. The van der Waals surface area contributed by atoms with E-state index >= 15 is 0 Å². The van der Waals surface area contributed by atoms with Gasteiger partial charge in [0.05, 0.1) is 5.92 Å². The topological polar surface area (TPSA) is 46.3 Å². The van der Waals surface area contributed by atoms with Gasteiger partial charge < -0.3 is 10.6 Å². The Balaban J connectivity index is 1.89. The van der Waals surface area contributed by atoms with E-state index in [0.717, 1.165) is 5.56 Å². The Morgan fingerprint density at radius 3 is 2.29 bits per heavy atom. The van der Waals surface area contributed by atoms with Crippen LogP contribution in [-0.2, 0) is 4.79 Å². The molecule has 0 aromatic heterocycles. The fraction of sp³-hybridized carbons (Fsp3) is 0.400. The van der Waals surface area contributed by atoms with Crippen molar-refractivity contribution < 1.29 is 18.0 Å². The van der Waals surface area contributed by atoms with E-state index in [2.05, 4.69) is 0 Å². The maximum absolute atomic E-state index is 12.5. The number of carbonyl (C=O) groups is 1. The molecule has 1 saturated heterocycles. The van der Waals surface area contributed by atoms with Gasteiger partial charge in [0.2, 0.25) is 5.91 Å². The third-order valence-corrected chi connectivity index (χ3v) is 3.62. The molecule has 2 N–H and O–H groups in total. The molecule has 0 radical (unpaired) electrons. The maximum Gasteiger partial charge on any atom is 0.391 e. The average molecular weight is 298 g/mol. The number of piperidine rings is 1. The summed E-state index contributed by atoms with van der Waals surface area (Å²) in [6, 6.07) is 6.99. The second-order valence-corrected chi connectivity index (χ2v) is 5.14. The molecule has 6 heteroatoms. The van der Waals surface area contributed by atoms with Crippen LogP contribution in [0.3, 0.4) is 0 Å². The predicted octanol–water partition coefficient (Wildman–Crippen LogP) is 3.08. The van der Waals surface area contributed by atoms with E-state index in [1.54, 1.807) is 30.3 Å². The normalized spacial score (nSPS) is 17.4. The lowest BCUT2D eigenvalue weighted by atomic mass is 9.96. The van der Waals surface area contributed by atoms with Crippen molar-refractivity contribution in [1.29, 1.82) is 0 Å². The van der Waals surface area contributed by atoms with E-state index in [1.807, 2.05) is 0 Å². The quantitative estimate of drug-likeness (QED) is 0.673. The molecule has 0 bridgehead atoms. The van der Waals surface area contributed by atoms with Crippen LogP contribution < -0.4 is 5.73 Å². The fourth-order valence-electron chi connectivity index (χ4n) is 2.31. The Hall–Kier alpha value is -1.98. The van der Waals surface area contributed by atoms with E-state index in [0.29, 0.717) is 5.69 Å². The summed E-state index contributed by atoms with van der Waals surface area (Å²) in [6.07, 6.45) is -1.18. The van der Waals surface area contributed by atoms with E-state index < -0.39 is 12.1 Å². The fourth-order valence-corrected chi connectivity index (χ4v) is 2.31. The molecule has 1 aliphatic rings. The van der Waals surface area contributed by atoms with Gasteiger partial charge in [-0.05, 0) is 36.6 Å². The molecule has 1 heterocycles.